The van der Waals surface area contributed by atoms with Crippen LogP contribution in [-0.4, -0.2) is 49.1 Å². The number of fused-ring (bicyclic) bond motifs is 1. The van der Waals surface area contributed by atoms with Crippen molar-refractivity contribution in [2.75, 3.05) is 18.1 Å². The Kier molecular flexibility index (Phi) is 7.26. The summed E-state index contributed by atoms with van der Waals surface area (Å²) in [5, 5.41) is 4.97. The number of carbonyl (C=O) groups is 4. The Morgan fingerprint density at radius 1 is 1.20 bits per heavy atom. The Morgan fingerprint density at radius 2 is 1.93 bits per heavy atom. The van der Waals surface area contributed by atoms with Crippen molar-refractivity contribution in [3.05, 3.63) is 24.3 Å². The number of nitrogens with one attached hydrogen (secondary N) is 2. The number of para-hydroxylation sites is 2. The Bertz CT molecular complexity index is 806. The molecule has 0 spiro atoms. The summed E-state index contributed by atoms with van der Waals surface area (Å²) in [6.45, 7) is 1.24. The molecule has 1 atom stereocenters. The molecule has 0 radical (unpaired) electrons. The van der Waals surface area contributed by atoms with Crippen LogP contribution in [0.3, 0.4) is 0 Å². The molecule has 1 saturated carbocycles. The van der Waals surface area contributed by atoms with Gasteiger partial charge in [0.25, 0.3) is 5.91 Å². The number of amides is 4. The molecule has 1 aliphatic carbocycles. The highest BCUT2D eigenvalue weighted by molar-refractivity contribution is 6.00. The Morgan fingerprint density at radius 3 is 2.70 bits per heavy atom. The van der Waals surface area contributed by atoms with E-state index in [-0.39, 0.29) is 31.5 Å². The van der Waals surface area contributed by atoms with Gasteiger partial charge in [0.1, 0.15) is 12.3 Å². The van der Waals surface area contributed by atoms with Crippen molar-refractivity contribution in [1.82, 2.24) is 10.6 Å². The largest absolute Gasteiger partial charge is 0.491 e. The fraction of sp³-hybridized carbons (Fsp3) is 0.524. The Labute approximate surface area is 175 Å². The molecule has 1 heterocycles. The molecule has 2 N–H and O–H groups in total. The summed E-state index contributed by atoms with van der Waals surface area (Å²) in [5.74, 6) is -1.25. The minimum atomic E-state index is -1.18. The minimum Gasteiger partial charge on any atom is -0.491 e. The highest BCUT2D eigenvalue weighted by Gasteiger charge is 2.28. The van der Waals surface area contributed by atoms with Crippen LogP contribution >= 0.6 is 0 Å². The highest BCUT2D eigenvalue weighted by atomic mass is 16.5. The lowest BCUT2D eigenvalue weighted by Gasteiger charge is -2.23. The van der Waals surface area contributed by atoms with Gasteiger partial charge >= 0.3 is 12.0 Å². The molecule has 0 bridgehead atoms. The number of nitrogens with zero attached hydrogens (tertiary/aromatic N) is 1. The van der Waals surface area contributed by atoms with Gasteiger partial charge in [-0.05, 0) is 31.9 Å². The average molecular weight is 417 g/mol. The molecule has 9 heteroatoms. The van der Waals surface area contributed by atoms with Crippen molar-refractivity contribution < 1.29 is 28.7 Å². The molecular weight excluding hydrogens is 390 g/mol. The maximum absolute atomic E-state index is 12.4. The molecule has 9 nitrogen and oxygen atoms in total. The summed E-state index contributed by atoms with van der Waals surface area (Å²) in [4.78, 5) is 50.2. The third-order valence-electron chi connectivity index (χ3n) is 5.17. The van der Waals surface area contributed by atoms with Gasteiger partial charge in [0.05, 0.1) is 18.7 Å². The van der Waals surface area contributed by atoms with E-state index in [1.54, 1.807) is 24.3 Å². The van der Waals surface area contributed by atoms with Crippen LogP contribution in [0.5, 0.6) is 5.75 Å². The third-order valence-corrected chi connectivity index (χ3v) is 5.17. The van der Waals surface area contributed by atoms with Crippen LogP contribution in [0, 0.1) is 0 Å². The van der Waals surface area contributed by atoms with Gasteiger partial charge < -0.3 is 14.8 Å². The van der Waals surface area contributed by atoms with E-state index >= 15 is 0 Å². The van der Waals surface area contributed by atoms with E-state index in [1.807, 2.05) is 0 Å². The molecule has 0 saturated heterocycles. The molecule has 0 aromatic heterocycles. The quantitative estimate of drug-likeness (QED) is 0.708. The summed E-state index contributed by atoms with van der Waals surface area (Å²) in [5.41, 5.74) is 0.473. The van der Waals surface area contributed by atoms with Gasteiger partial charge in [-0.25, -0.2) is 4.79 Å². The van der Waals surface area contributed by atoms with Gasteiger partial charge in [0, 0.05) is 6.04 Å². The van der Waals surface area contributed by atoms with Gasteiger partial charge in [-0.2, -0.15) is 0 Å². The number of imide groups is 1. The van der Waals surface area contributed by atoms with Crippen molar-refractivity contribution in [2.45, 2.75) is 57.6 Å². The fourth-order valence-corrected chi connectivity index (χ4v) is 3.59. The molecule has 30 heavy (non-hydrogen) atoms. The molecule has 1 aromatic carbocycles. The van der Waals surface area contributed by atoms with Gasteiger partial charge in [0.2, 0.25) is 5.91 Å². The summed E-state index contributed by atoms with van der Waals surface area (Å²) < 4.78 is 10.7. The highest BCUT2D eigenvalue weighted by Crippen LogP contribution is 2.30. The summed E-state index contributed by atoms with van der Waals surface area (Å²) >= 11 is 0. The summed E-state index contributed by atoms with van der Waals surface area (Å²) in [6, 6.07) is 6.37. The Balaban J connectivity index is 1.51. The minimum absolute atomic E-state index is 0.0562. The number of rotatable bonds is 5. The van der Waals surface area contributed by atoms with Gasteiger partial charge in [-0.1, -0.05) is 31.4 Å². The molecule has 1 aliphatic heterocycles. The first-order valence-corrected chi connectivity index (χ1v) is 10.3. The molecule has 4 amide bonds. The van der Waals surface area contributed by atoms with Crippen LogP contribution in [0.4, 0.5) is 10.5 Å². The first-order chi connectivity index (χ1) is 14.4. The van der Waals surface area contributed by atoms with Crippen molar-refractivity contribution in [1.29, 1.82) is 0 Å². The number of carbonyl (C=O) groups excluding carboxylic acids is 4. The predicted octanol–water partition coefficient (Wildman–Crippen LogP) is 1.89. The van der Waals surface area contributed by atoms with E-state index in [1.165, 1.54) is 11.8 Å². The first kappa shape index (κ1) is 21.6. The van der Waals surface area contributed by atoms with E-state index in [0.29, 0.717) is 11.4 Å². The van der Waals surface area contributed by atoms with Gasteiger partial charge in [-0.3, -0.25) is 24.6 Å². The molecule has 1 aromatic rings. The first-order valence-electron chi connectivity index (χ1n) is 10.3. The topological polar surface area (TPSA) is 114 Å². The zero-order valence-corrected chi connectivity index (χ0v) is 17.0. The van der Waals surface area contributed by atoms with Crippen LogP contribution in [0.15, 0.2) is 24.3 Å². The summed E-state index contributed by atoms with van der Waals surface area (Å²) in [6.07, 6.45) is 3.99. The second-order valence-corrected chi connectivity index (χ2v) is 7.48. The van der Waals surface area contributed by atoms with Gasteiger partial charge in [0.15, 0.2) is 6.10 Å². The van der Waals surface area contributed by atoms with Crippen molar-refractivity contribution >= 4 is 29.5 Å². The molecule has 2 aliphatic rings. The van der Waals surface area contributed by atoms with Crippen LogP contribution in [0.25, 0.3) is 0 Å². The number of anilines is 1. The molecular formula is C21H27N3O6. The lowest BCUT2D eigenvalue weighted by molar-refractivity contribution is -0.153. The molecule has 0 unspecified atom stereocenters. The smallest absolute Gasteiger partial charge is 0.326 e. The summed E-state index contributed by atoms with van der Waals surface area (Å²) in [7, 11) is 0. The number of ether oxygens (including phenoxy) is 2. The van der Waals surface area contributed by atoms with Crippen molar-refractivity contribution in [2.24, 2.45) is 0 Å². The molecule has 162 valence electrons. The maximum Gasteiger partial charge on any atom is 0.326 e. The van der Waals surface area contributed by atoms with Crippen LogP contribution < -0.4 is 20.3 Å². The SMILES string of the molecule is C[C@H](OC(=O)CN1C(=O)CCOc2ccccc21)C(=O)NC(=O)NC1CCCCC1. The second-order valence-electron chi connectivity index (χ2n) is 7.48. The van der Waals surface area contributed by atoms with E-state index in [9.17, 15) is 19.2 Å². The third kappa shape index (κ3) is 5.71. The average Bonchev–Trinajstić information content (AvgIpc) is 2.87. The molecule has 3 rings (SSSR count). The second kappa shape index (κ2) is 10.1. The predicted molar refractivity (Wildman–Crippen MR) is 108 cm³/mol. The zero-order chi connectivity index (χ0) is 21.5. The van der Waals surface area contributed by atoms with E-state index in [4.69, 9.17) is 9.47 Å². The standard InChI is InChI=1S/C21H27N3O6/c1-14(20(27)23-21(28)22-15-7-3-2-4-8-15)30-19(26)13-24-16-9-5-6-10-17(16)29-12-11-18(24)25/h5-6,9-10,14-15H,2-4,7-8,11-13H2,1H3,(H2,22,23,27,28)/t14-/m0/s1. The van der Waals surface area contributed by atoms with Crippen molar-refractivity contribution in [3.63, 3.8) is 0 Å². The fourth-order valence-electron chi connectivity index (χ4n) is 3.59. The van der Waals surface area contributed by atoms with Gasteiger partial charge in [-0.15, -0.1) is 0 Å². The lowest BCUT2D eigenvalue weighted by Crippen LogP contribution is -2.48. The van der Waals surface area contributed by atoms with Crippen LogP contribution in [-0.2, 0) is 19.1 Å². The van der Waals surface area contributed by atoms with E-state index in [0.717, 1.165) is 32.1 Å². The van der Waals surface area contributed by atoms with Crippen LogP contribution in [0.1, 0.15) is 45.4 Å². The number of hydrogen-bond donors (Lipinski definition) is 2. The van der Waals surface area contributed by atoms with E-state index < -0.39 is 24.0 Å². The number of urea groups is 1. The maximum atomic E-state index is 12.4. The van der Waals surface area contributed by atoms with Crippen LogP contribution in [0.2, 0.25) is 0 Å². The molecule has 1 fully saturated rings. The number of hydrogen-bond acceptors (Lipinski definition) is 6. The monoisotopic (exact) mass is 417 g/mol. The lowest BCUT2D eigenvalue weighted by atomic mass is 9.96. The normalized spacial score (nSPS) is 17.8. The number of esters is 1. The number of benzene rings is 1. The van der Waals surface area contributed by atoms with E-state index in [2.05, 4.69) is 10.6 Å². The zero-order valence-electron chi connectivity index (χ0n) is 17.0. The Hall–Kier alpha value is -3.10. The van der Waals surface area contributed by atoms with Crippen molar-refractivity contribution in [3.8, 4) is 5.75 Å².